The number of nitrogens with one attached hydrogen (secondary N) is 5. The lowest BCUT2D eigenvalue weighted by atomic mass is 9.86. The van der Waals surface area contributed by atoms with Gasteiger partial charge in [0.2, 0.25) is 17.7 Å². The maximum absolute atomic E-state index is 13.8. The van der Waals surface area contributed by atoms with E-state index in [0.717, 1.165) is 17.6 Å². The highest BCUT2D eigenvalue weighted by Gasteiger charge is 2.58. The van der Waals surface area contributed by atoms with Crippen molar-refractivity contribution in [2.45, 2.75) is 174 Å². The molecule has 0 aromatic heterocycles. The summed E-state index contributed by atoms with van der Waals surface area (Å²) in [7, 11) is 0. The number of hydrogen-bond donors (Lipinski definition) is 7. The molecule has 21 nitrogen and oxygen atoms in total. The van der Waals surface area contributed by atoms with Gasteiger partial charge in [-0.1, -0.05) is 117 Å². The molecule has 3 aliphatic rings. The second kappa shape index (κ2) is 37.0. The third-order valence-corrected chi connectivity index (χ3v) is 16.2. The molecule has 3 fully saturated rings. The Morgan fingerprint density at radius 3 is 2.21 bits per heavy atom. The van der Waals surface area contributed by atoms with E-state index in [1.54, 1.807) is 42.5 Å². The van der Waals surface area contributed by atoms with Gasteiger partial charge < -0.3 is 60.5 Å². The number of nitrogens with two attached hydrogens (primary N) is 1. The van der Waals surface area contributed by atoms with Gasteiger partial charge in [-0.3, -0.25) is 34.1 Å². The van der Waals surface area contributed by atoms with Crippen LogP contribution in [0.15, 0.2) is 84.5 Å². The van der Waals surface area contributed by atoms with E-state index in [0.29, 0.717) is 74.8 Å². The van der Waals surface area contributed by atoms with Crippen LogP contribution in [0.4, 0.5) is 15.3 Å². The van der Waals surface area contributed by atoms with Crippen LogP contribution in [0.5, 0.6) is 0 Å². The molecule has 2 aromatic rings. The number of alkyl halides is 1. The number of anilines is 1. The van der Waals surface area contributed by atoms with E-state index in [-0.39, 0.29) is 129 Å². The monoisotopic (exact) mass is 1280 g/mol. The van der Waals surface area contributed by atoms with Crippen molar-refractivity contribution in [1.29, 1.82) is 0 Å². The number of aryl methyl sites for hydroxylation is 1. The predicted molar refractivity (Wildman–Crippen MR) is 333 cm³/mol. The van der Waals surface area contributed by atoms with Gasteiger partial charge in [0.05, 0.1) is 68.8 Å². The first kappa shape index (κ1) is 71.6. The highest BCUT2D eigenvalue weighted by atomic mass is 79.9. The van der Waals surface area contributed by atoms with Crippen LogP contribution >= 0.6 is 15.9 Å². The molecular formula is C65H93BrN6O15. The Labute approximate surface area is 520 Å². The number of primary amides is 1. The maximum Gasteiger partial charge on any atom is 0.411 e. The van der Waals surface area contributed by atoms with E-state index in [2.05, 4.69) is 55.5 Å². The van der Waals surface area contributed by atoms with Crippen molar-refractivity contribution < 1.29 is 71.9 Å². The molecule has 0 saturated carbocycles. The number of urea groups is 1. The average molecular weight is 1280 g/mol. The lowest BCUT2D eigenvalue weighted by Crippen LogP contribution is -2.50. The number of amides is 6. The molecule has 3 heterocycles. The first-order chi connectivity index (χ1) is 41.5. The fourth-order valence-electron chi connectivity index (χ4n) is 10.3. The minimum absolute atomic E-state index is 0.00560. The number of epoxide rings is 1. The second-order valence-corrected chi connectivity index (χ2v) is 24.3. The zero-order valence-electron chi connectivity index (χ0n) is 51.6. The molecule has 0 radical (unpaired) electrons. The van der Waals surface area contributed by atoms with Gasteiger partial charge in [0.1, 0.15) is 36.0 Å². The minimum atomic E-state index is -0.909. The molecule has 3 saturated heterocycles. The van der Waals surface area contributed by atoms with E-state index in [1.807, 2.05) is 71.9 Å². The summed E-state index contributed by atoms with van der Waals surface area (Å²) in [4.78, 5) is 102. The highest BCUT2D eigenvalue weighted by molar-refractivity contribution is 9.09. The number of carbonyl (C=O) groups is 8. The summed E-state index contributed by atoms with van der Waals surface area (Å²) in [5.41, 5.74) is 8.22. The zero-order valence-corrected chi connectivity index (χ0v) is 53.2. The molecule has 0 unspecified atom stereocenters. The Morgan fingerprint density at radius 1 is 0.851 bits per heavy atom. The topological polar surface area (TPSA) is 302 Å². The van der Waals surface area contributed by atoms with Crippen molar-refractivity contribution in [1.82, 2.24) is 21.3 Å². The van der Waals surface area contributed by atoms with Crippen LogP contribution in [-0.2, 0) is 76.6 Å². The summed E-state index contributed by atoms with van der Waals surface area (Å²) >= 11 is 3.07. The quantitative estimate of drug-likeness (QED) is 0.0115. The van der Waals surface area contributed by atoms with Gasteiger partial charge in [0.15, 0.2) is 5.78 Å². The third kappa shape index (κ3) is 26.2. The standard InChI is InChI=1S/C65H93BrN6O15/c1-41(2)10-25-59(76)71-55-33-44(6)57(86-45(55)7)23-11-43(5)12-24-58-61(78)65(40-85-65)37-52(87-58)35-50(73)22-19-46-17-20-49(21-18-46)70-64(81)84-39-48-15-13-47(14-16-48)34-56(75)54(9-8-27-69-63(67)80)72-62(79)53(42(3)4)36-51(74)26-29-82-31-32-83-30-28-68-60(77)38-66/h10-18,20-21,24-25,41-42,44-45,52-55,57-58,61,78H,8-9,19,22-23,26-40H2,1-7H3,(H,68,77)(H,70,81)(H,71,76)(H,72,79)(H3,67,69,80)/b24-12+,25-10-,43-11+/t44-,45+,52+,53+,54+,55+,57-,58+,61+,65+/m0/s1. The van der Waals surface area contributed by atoms with Crippen molar-refractivity contribution in [2.24, 2.45) is 29.4 Å². The zero-order chi connectivity index (χ0) is 63.5. The number of ketones is 3. The molecule has 0 aliphatic carbocycles. The van der Waals surface area contributed by atoms with Crippen molar-refractivity contribution in [2.75, 3.05) is 56.8 Å². The number of halogens is 1. The molecule has 8 N–H and O–H groups in total. The third-order valence-electron chi connectivity index (χ3n) is 15.7. The van der Waals surface area contributed by atoms with E-state index in [9.17, 15) is 43.5 Å². The van der Waals surface area contributed by atoms with E-state index < -0.39 is 53.9 Å². The van der Waals surface area contributed by atoms with Gasteiger partial charge in [0.25, 0.3) is 0 Å². The summed E-state index contributed by atoms with van der Waals surface area (Å²) < 4.78 is 34.9. The van der Waals surface area contributed by atoms with Gasteiger partial charge in [-0.15, -0.1) is 0 Å². The average Bonchev–Trinajstić information content (AvgIpc) is 1.66. The minimum Gasteiger partial charge on any atom is -0.444 e. The van der Waals surface area contributed by atoms with Crippen molar-refractivity contribution in [3.05, 3.63) is 101 Å². The molecule has 5 rings (SSSR count). The Bertz CT molecular complexity index is 2660. The number of aliphatic hydroxyl groups is 1. The fraction of sp³-hybridized carbons (Fsp3) is 0.600. The summed E-state index contributed by atoms with van der Waals surface area (Å²) in [6.45, 7) is 15.8. The molecule has 0 bridgehead atoms. The van der Waals surface area contributed by atoms with Crippen LogP contribution in [0.3, 0.4) is 0 Å². The van der Waals surface area contributed by atoms with Crippen molar-refractivity contribution in [3.63, 3.8) is 0 Å². The van der Waals surface area contributed by atoms with Gasteiger partial charge in [-0.2, -0.15) is 0 Å². The van der Waals surface area contributed by atoms with Crippen molar-refractivity contribution in [3.8, 4) is 0 Å². The first-order valence-corrected chi connectivity index (χ1v) is 31.6. The molecule has 1 spiro atoms. The number of aliphatic hydroxyl groups excluding tert-OH is 1. The normalized spacial score (nSPS) is 22.7. The molecule has 480 valence electrons. The number of Topliss-reactive ketones (excluding diaryl/α,β-unsaturated/α-hetero) is 3. The molecule has 87 heavy (non-hydrogen) atoms. The molecule has 22 heteroatoms. The largest absolute Gasteiger partial charge is 0.444 e. The second-order valence-electron chi connectivity index (χ2n) is 23.7. The van der Waals surface area contributed by atoms with Gasteiger partial charge in [0, 0.05) is 63.2 Å². The molecule has 3 aliphatic heterocycles. The van der Waals surface area contributed by atoms with Gasteiger partial charge in [-0.05, 0) is 98.6 Å². The number of ether oxygens (including phenoxy) is 6. The fourth-order valence-corrected chi connectivity index (χ4v) is 10.5. The Hall–Kier alpha value is -6.14. The van der Waals surface area contributed by atoms with Crippen LogP contribution in [0.2, 0.25) is 0 Å². The number of benzene rings is 2. The Morgan fingerprint density at radius 2 is 1.54 bits per heavy atom. The lowest BCUT2D eigenvalue weighted by Gasteiger charge is -2.39. The van der Waals surface area contributed by atoms with E-state index in [1.165, 1.54) is 0 Å². The number of allylic oxidation sites excluding steroid dienone is 3. The number of hydrogen-bond acceptors (Lipinski definition) is 15. The van der Waals surface area contributed by atoms with Crippen LogP contribution in [-0.4, -0.2) is 152 Å². The van der Waals surface area contributed by atoms with E-state index in [4.69, 9.17) is 34.2 Å². The lowest BCUT2D eigenvalue weighted by molar-refractivity contribution is -0.144. The predicted octanol–water partition coefficient (Wildman–Crippen LogP) is 7.23. The van der Waals surface area contributed by atoms with E-state index >= 15 is 0 Å². The van der Waals surface area contributed by atoms with Crippen LogP contribution in [0.1, 0.15) is 123 Å². The molecule has 2 aromatic carbocycles. The van der Waals surface area contributed by atoms with Gasteiger partial charge in [-0.25, -0.2) is 9.59 Å². The first-order valence-electron chi connectivity index (χ1n) is 30.5. The summed E-state index contributed by atoms with van der Waals surface area (Å²) in [5.74, 6) is -1.47. The Balaban J connectivity index is 1.02. The Kier molecular flexibility index (Phi) is 30.5. The van der Waals surface area contributed by atoms with Crippen LogP contribution < -0.4 is 32.3 Å². The number of carbonyl (C=O) groups excluding carboxylic acids is 8. The van der Waals surface area contributed by atoms with Crippen molar-refractivity contribution >= 4 is 68.8 Å². The summed E-state index contributed by atoms with van der Waals surface area (Å²) in [6.07, 6.45) is 10.1. The SMILES string of the molecule is CC(/C=C/[C@H]1O[C@H](CC(=O)CCc2ccc(NC(=O)OCc3ccc(CC(=O)[C@@H](CCCNC(N)=O)NC(=O)[C@H](CC(=O)CCOCCOCCNC(=O)CBr)C(C)C)cc3)cc2)C[C@@]2(CO2)[C@@H]1O)=C\C[C@@H]1O[C@H](C)[C@H](NC(=O)/C=C\C(C)C)C[C@@H]1C. The highest BCUT2D eigenvalue weighted by Crippen LogP contribution is 2.43. The molecule has 6 amide bonds. The summed E-state index contributed by atoms with van der Waals surface area (Å²) in [6, 6.07) is 12.4. The van der Waals surface area contributed by atoms with Crippen LogP contribution in [0, 0.1) is 23.7 Å². The summed E-state index contributed by atoms with van der Waals surface area (Å²) in [5, 5.41) is 25.3. The molecule has 10 atom stereocenters. The smallest absolute Gasteiger partial charge is 0.411 e. The van der Waals surface area contributed by atoms with Crippen LogP contribution in [0.25, 0.3) is 0 Å². The number of rotatable bonds is 37. The van der Waals surface area contributed by atoms with Gasteiger partial charge >= 0.3 is 12.1 Å². The molecular weight excluding hydrogens is 1180 g/mol. The maximum atomic E-state index is 13.8.